The number of amides is 1. The number of nitrogens with one attached hydrogen (secondary N) is 2. The predicted molar refractivity (Wildman–Crippen MR) is 95.4 cm³/mol. The highest BCUT2D eigenvalue weighted by Crippen LogP contribution is 2.30. The molecule has 4 N–H and O–H groups in total. The molecule has 0 aliphatic carbocycles. The van der Waals surface area contributed by atoms with Crippen LogP contribution in [0.25, 0.3) is 10.4 Å². The van der Waals surface area contributed by atoms with Crippen LogP contribution in [-0.4, -0.2) is 5.91 Å². The van der Waals surface area contributed by atoms with E-state index in [1.165, 1.54) is 0 Å². The van der Waals surface area contributed by atoms with Gasteiger partial charge in [-0.1, -0.05) is 24.3 Å². The lowest BCUT2D eigenvalue weighted by Crippen LogP contribution is -2.13. The Morgan fingerprint density at radius 3 is 2.57 bits per heavy atom. The molecule has 5 heteroatoms. The average molecular weight is 322 g/mol. The largest absolute Gasteiger partial charge is 0.397 e. The second kappa shape index (κ2) is 6.64. The maximum absolute atomic E-state index is 12.4. The van der Waals surface area contributed by atoms with Crippen LogP contribution in [0.1, 0.15) is 15.9 Å². The van der Waals surface area contributed by atoms with Crippen molar-refractivity contribution in [1.82, 2.24) is 5.73 Å². The van der Waals surface area contributed by atoms with Crippen molar-refractivity contribution in [3.05, 3.63) is 71.1 Å². The summed E-state index contributed by atoms with van der Waals surface area (Å²) in [7, 11) is 0. The minimum absolute atomic E-state index is 0.206. The van der Waals surface area contributed by atoms with Crippen LogP contribution in [0.4, 0.5) is 11.4 Å². The molecule has 0 aliphatic heterocycles. The van der Waals surface area contributed by atoms with E-state index in [1.54, 1.807) is 41.7 Å². The van der Waals surface area contributed by atoms with E-state index in [0.29, 0.717) is 16.9 Å². The van der Waals surface area contributed by atoms with Crippen molar-refractivity contribution in [1.29, 1.82) is 0 Å². The van der Waals surface area contributed by atoms with Crippen molar-refractivity contribution in [3.8, 4) is 10.4 Å². The van der Waals surface area contributed by atoms with Gasteiger partial charge >= 0.3 is 0 Å². The second-order valence-electron chi connectivity index (χ2n) is 5.11. The summed E-state index contributed by atoms with van der Waals surface area (Å²) in [6.45, 7) is 0.206. The van der Waals surface area contributed by atoms with Crippen LogP contribution in [0.15, 0.2) is 60.0 Å². The zero-order chi connectivity index (χ0) is 16.2. The second-order valence-corrected chi connectivity index (χ2v) is 6.05. The Morgan fingerprint density at radius 1 is 1.13 bits per heavy atom. The standard InChI is InChI=1S/C18H16N3OS/c19-11-12-3-5-13(6-4-12)18(22)21-16-10-14(7-8-15(16)20)17-2-1-9-23-17/h1-10,19H,11,20H2,(H,21,22). The van der Waals surface area contributed by atoms with Gasteiger partial charge in [0.25, 0.3) is 5.91 Å². The lowest BCUT2D eigenvalue weighted by Gasteiger charge is -2.10. The van der Waals surface area contributed by atoms with Crippen molar-refractivity contribution in [2.24, 2.45) is 0 Å². The maximum atomic E-state index is 12.4. The lowest BCUT2D eigenvalue weighted by atomic mass is 10.1. The third-order valence-corrected chi connectivity index (χ3v) is 4.45. The molecule has 115 valence electrons. The lowest BCUT2D eigenvalue weighted by molar-refractivity contribution is 0.102. The van der Waals surface area contributed by atoms with Crippen LogP contribution < -0.4 is 16.8 Å². The molecule has 0 unspecified atom stereocenters. The van der Waals surface area contributed by atoms with Crippen molar-refractivity contribution in [2.75, 3.05) is 11.1 Å². The molecule has 1 heterocycles. The van der Waals surface area contributed by atoms with E-state index in [9.17, 15) is 4.79 Å². The number of thiophene rings is 1. The van der Waals surface area contributed by atoms with Gasteiger partial charge in [0, 0.05) is 17.0 Å². The first-order valence-electron chi connectivity index (χ1n) is 7.15. The smallest absolute Gasteiger partial charge is 0.255 e. The molecule has 3 aromatic rings. The molecule has 0 saturated heterocycles. The fraction of sp³-hybridized carbons (Fsp3) is 0.0556. The van der Waals surface area contributed by atoms with Gasteiger partial charge in [-0.2, -0.15) is 0 Å². The number of hydrogen-bond donors (Lipinski definition) is 2. The monoisotopic (exact) mass is 322 g/mol. The first-order chi connectivity index (χ1) is 11.2. The number of carbonyl (C=O) groups is 1. The van der Waals surface area contributed by atoms with Gasteiger partial charge in [0.1, 0.15) is 0 Å². The van der Waals surface area contributed by atoms with Crippen LogP contribution in [0, 0.1) is 0 Å². The molecule has 0 aliphatic rings. The number of nitrogen functional groups attached to an aromatic ring is 1. The van der Waals surface area contributed by atoms with Gasteiger partial charge in [-0.15, -0.1) is 11.3 Å². The fourth-order valence-electron chi connectivity index (χ4n) is 2.23. The number of anilines is 2. The van der Waals surface area contributed by atoms with Gasteiger partial charge in [0.2, 0.25) is 0 Å². The van der Waals surface area contributed by atoms with Gasteiger partial charge in [-0.05, 0) is 46.8 Å². The minimum atomic E-state index is -0.212. The van der Waals surface area contributed by atoms with Gasteiger partial charge in [0.05, 0.1) is 11.4 Å². The average Bonchev–Trinajstić information content (AvgIpc) is 3.11. The van der Waals surface area contributed by atoms with E-state index in [-0.39, 0.29) is 12.5 Å². The summed E-state index contributed by atoms with van der Waals surface area (Å²) in [6, 6.07) is 16.7. The Balaban J connectivity index is 1.83. The first-order valence-corrected chi connectivity index (χ1v) is 8.03. The Hall–Kier alpha value is -2.63. The van der Waals surface area contributed by atoms with Crippen LogP contribution in [0.3, 0.4) is 0 Å². The summed E-state index contributed by atoms with van der Waals surface area (Å²) in [6.07, 6.45) is 0. The Bertz CT molecular complexity index is 811. The molecular formula is C18H16N3OS. The molecule has 23 heavy (non-hydrogen) atoms. The van der Waals surface area contributed by atoms with Crippen molar-refractivity contribution in [3.63, 3.8) is 0 Å². The zero-order valence-electron chi connectivity index (χ0n) is 12.4. The number of nitrogens with two attached hydrogens (primary N) is 1. The van der Waals surface area contributed by atoms with Crippen molar-refractivity contribution in [2.45, 2.75) is 6.54 Å². The summed E-state index contributed by atoms with van der Waals surface area (Å²) in [4.78, 5) is 13.5. The van der Waals surface area contributed by atoms with Crippen molar-refractivity contribution >= 4 is 28.6 Å². The minimum Gasteiger partial charge on any atom is -0.397 e. The summed E-state index contributed by atoms with van der Waals surface area (Å²) >= 11 is 1.64. The predicted octanol–water partition coefficient (Wildman–Crippen LogP) is 4.03. The van der Waals surface area contributed by atoms with Crippen LogP contribution >= 0.6 is 11.3 Å². The number of benzene rings is 2. The quantitative estimate of drug-likeness (QED) is 0.711. The molecule has 0 saturated carbocycles. The number of carbonyl (C=O) groups excluding carboxylic acids is 1. The SMILES string of the molecule is [NH]Cc1ccc(C(=O)Nc2cc(-c3cccs3)ccc2N)cc1. The third-order valence-electron chi connectivity index (χ3n) is 3.53. The normalized spacial score (nSPS) is 10.5. The van der Waals surface area contributed by atoms with Gasteiger partial charge < -0.3 is 11.1 Å². The van der Waals surface area contributed by atoms with E-state index in [2.05, 4.69) is 5.32 Å². The molecule has 0 fully saturated rings. The highest BCUT2D eigenvalue weighted by atomic mass is 32.1. The van der Waals surface area contributed by atoms with E-state index >= 15 is 0 Å². The Morgan fingerprint density at radius 2 is 1.91 bits per heavy atom. The van der Waals surface area contributed by atoms with Gasteiger partial charge in [-0.25, -0.2) is 0 Å². The van der Waals surface area contributed by atoms with Crippen LogP contribution in [-0.2, 0) is 6.54 Å². The van der Waals surface area contributed by atoms with E-state index in [0.717, 1.165) is 16.0 Å². The van der Waals surface area contributed by atoms with Gasteiger partial charge in [0.15, 0.2) is 0 Å². The van der Waals surface area contributed by atoms with Crippen molar-refractivity contribution < 1.29 is 4.79 Å². The molecular weight excluding hydrogens is 306 g/mol. The van der Waals surface area contributed by atoms with E-state index in [4.69, 9.17) is 11.5 Å². The highest BCUT2D eigenvalue weighted by Gasteiger charge is 2.10. The van der Waals surface area contributed by atoms with E-state index < -0.39 is 0 Å². The van der Waals surface area contributed by atoms with E-state index in [1.807, 2.05) is 29.6 Å². The van der Waals surface area contributed by atoms with Gasteiger partial charge in [-0.3, -0.25) is 10.5 Å². The summed E-state index contributed by atoms with van der Waals surface area (Å²) in [5.74, 6) is -0.212. The molecule has 1 aromatic heterocycles. The zero-order valence-corrected chi connectivity index (χ0v) is 13.2. The molecule has 0 spiro atoms. The molecule has 0 bridgehead atoms. The molecule has 4 nitrogen and oxygen atoms in total. The number of hydrogen-bond acceptors (Lipinski definition) is 3. The summed E-state index contributed by atoms with van der Waals surface area (Å²) in [5, 5.41) is 4.87. The first kappa shape index (κ1) is 15.3. The number of rotatable bonds is 4. The molecule has 2 aromatic carbocycles. The highest BCUT2D eigenvalue weighted by molar-refractivity contribution is 7.13. The Kier molecular flexibility index (Phi) is 4.41. The molecule has 1 radical (unpaired) electrons. The Labute approximate surface area is 138 Å². The molecule has 3 rings (SSSR count). The van der Waals surface area contributed by atoms with Crippen LogP contribution in [0.2, 0.25) is 0 Å². The topological polar surface area (TPSA) is 78.9 Å². The molecule has 0 atom stereocenters. The third kappa shape index (κ3) is 3.41. The summed E-state index contributed by atoms with van der Waals surface area (Å²) in [5.41, 5.74) is 16.9. The van der Waals surface area contributed by atoms with Crippen LogP contribution in [0.5, 0.6) is 0 Å². The maximum Gasteiger partial charge on any atom is 0.255 e. The fourth-order valence-corrected chi connectivity index (χ4v) is 2.95. The summed E-state index contributed by atoms with van der Waals surface area (Å²) < 4.78 is 0. The molecule has 1 amide bonds.